The number of hydrogen-bond acceptors (Lipinski definition) is 2. The van der Waals surface area contributed by atoms with Crippen LogP contribution in [0, 0.1) is 11.3 Å². The van der Waals surface area contributed by atoms with Crippen LogP contribution in [0.3, 0.4) is 0 Å². The SMILES string of the molecule is C[C@@H]1CC[C@@](CN)(CP(=O)(O)O)C1. The molecule has 0 spiro atoms. The van der Waals surface area contributed by atoms with Crippen LogP contribution in [0.5, 0.6) is 0 Å². The van der Waals surface area contributed by atoms with Crippen molar-refractivity contribution in [2.75, 3.05) is 12.7 Å². The molecule has 5 heteroatoms. The van der Waals surface area contributed by atoms with Gasteiger partial charge in [-0.2, -0.15) is 0 Å². The molecule has 0 aromatic carbocycles. The van der Waals surface area contributed by atoms with Crippen LogP contribution in [0.4, 0.5) is 0 Å². The van der Waals surface area contributed by atoms with Gasteiger partial charge in [0.15, 0.2) is 0 Å². The average Bonchev–Trinajstić information content (AvgIpc) is 2.29. The Kier molecular flexibility index (Phi) is 3.18. The van der Waals surface area contributed by atoms with Gasteiger partial charge in [0.25, 0.3) is 0 Å². The minimum Gasteiger partial charge on any atom is -0.330 e. The average molecular weight is 207 g/mol. The molecule has 0 heterocycles. The Morgan fingerprint density at radius 2 is 2.23 bits per heavy atom. The van der Waals surface area contributed by atoms with Crippen molar-refractivity contribution < 1.29 is 14.4 Å². The van der Waals surface area contributed by atoms with Gasteiger partial charge in [-0.15, -0.1) is 0 Å². The second kappa shape index (κ2) is 3.70. The molecule has 13 heavy (non-hydrogen) atoms. The molecule has 0 unspecified atom stereocenters. The second-order valence-electron chi connectivity index (χ2n) is 4.37. The lowest BCUT2D eigenvalue weighted by molar-refractivity contribution is 0.296. The van der Waals surface area contributed by atoms with E-state index in [9.17, 15) is 4.57 Å². The van der Waals surface area contributed by atoms with Crippen LogP contribution in [0.1, 0.15) is 26.2 Å². The summed E-state index contributed by atoms with van der Waals surface area (Å²) < 4.78 is 10.9. The van der Waals surface area contributed by atoms with E-state index < -0.39 is 7.60 Å². The van der Waals surface area contributed by atoms with Crippen molar-refractivity contribution in [1.82, 2.24) is 0 Å². The van der Waals surface area contributed by atoms with E-state index in [1.165, 1.54) is 0 Å². The summed E-state index contributed by atoms with van der Waals surface area (Å²) >= 11 is 0. The molecule has 0 bridgehead atoms. The smallest absolute Gasteiger partial charge is 0.326 e. The van der Waals surface area contributed by atoms with Gasteiger partial charge < -0.3 is 15.5 Å². The lowest BCUT2D eigenvalue weighted by Crippen LogP contribution is -2.31. The summed E-state index contributed by atoms with van der Waals surface area (Å²) in [5.74, 6) is 0.551. The predicted molar refractivity (Wildman–Crippen MR) is 51.4 cm³/mol. The van der Waals surface area contributed by atoms with Crippen LogP contribution < -0.4 is 5.73 Å². The maximum atomic E-state index is 10.9. The standard InChI is InChI=1S/C8H18NO3P/c1-7-2-3-8(4-7,5-9)6-13(10,11)12/h7H,2-6,9H2,1H3,(H2,10,11,12)/t7-,8-/m1/s1. The molecule has 1 fully saturated rings. The van der Waals surface area contributed by atoms with Gasteiger partial charge in [-0.1, -0.05) is 13.3 Å². The summed E-state index contributed by atoms with van der Waals surface area (Å²) in [5, 5.41) is 0. The van der Waals surface area contributed by atoms with E-state index >= 15 is 0 Å². The first-order valence-corrected chi connectivity index (χ1v) is 6.41. The molecular formula is C8H18NO3P. The summed E-state index contributed by atoms with van der Waals surface area (Å²) in [5.41, 5.74) is 5.30. The molecule has 1 aliphatic carbocycles. The molecule has 78 valence electrons. The van der Waals surface area contributed by atoms with Crippen LogP contribution in [0.25, 0.3) is 0 Å². The van der Waals surface area contributed by atoms with Gasteiger partial charge in [-0.25, -0.2) is 0 Å². The van der Waals surface area contributed by atoms with Crippen LogP contribution in [-0.2, 0) is 4.57 Å². The molecule has 0 aromatic heterocycles. The zero-order valence-electron chi connectivity index (χ0n) is 7.94. The van der Waals surface area contributed by atoms with Crippen molar-refractivity contribution in [2.24, 2.45) is 17.1 Å². The molecule has 0 amide bonds. The zero-order chi connectivity index (χ0) is 10.1. The first kappa shape index (κ1) is 11.2. The molecule has 4 nitrogen and oxygen atoms in total. The fourth-order valence-electron chi connectivity index (χ4n) is 2.33. The highest BCUT2D eigenvalue weighted by Gasteiger charge is 2.40. The fourth-order valence-corrected chi connectivity index (χ4v) is 3.62. The van der Waals surface area contributed by atoms with Crippen molar-refractivity contribution in [2.45, 2.75) is 26.2 Å². The van der Waals surface area contributed by atoms with E-state index in [4.69, 9.17) is 15.5 Å². The zero-order valence-corrected chi connectivity index (χ0v) is 8.83. The Bertz CT molecular complexity index is 227. The van der Waals surface area contributed by atoms with Crippen LogP contribution in [-0.4, -0.2) is 22.5 Å². The number of nitrogens with two attached hydrogens (primary N) is 1. The monoisotopic (exact) mass is 207 g/mol. The topological polar surface area (TPSA) is 83.6 Å². The Morgan fingerprint density at radius 3 is 2.54 bits per heavy atom. The lowest BCUT2D eigenvalue weighted by atomic mass is 9.88. The van der Waals surface area contributed by atoms with Crippen LogP contribution in [0.2, 0.25) is 0 Å². The Labute approximate surface area is 78.7 Å². The van der Waals surface area contributed by atoms with Crippen LogP contribution in [0.15, 0.2) is 0 Å². The summed E-state index contributed by atoms with van der Waals surface area (Å²) in [4.78, 5) is 17.8. The molecule has 2 atom stereocenters. The molecule has 0 aliphatic heterocycles. The highest BCUT2D eigenvalue weighted by molar-refractivity contribution is 7.51. The molecule has 0 radical (unpaired) electrons. The first-order valence-electron chi connectivity index (χ1n) is 4.62. The van der Waals surface area contributed by atoms with Gasteiger partial charge in [-0.3, -0.25) is 4.57 Å². The molecule has 0 aromatic rings. The Hall–Kier alpha value is 0.110. The normalized spacial score (nSPS) is 35.2. The first-order chi connectivity index (χ1) is 5.87. The minimum absolute atomic E-state index is 0.0408. The summed E-state index contributed by atoms with van der Waals surface area (Å²) in [6.45, 7) is 2.50. The summed E-state index contributed by atoms with van der Waals surface area (Å²) in [7, 11) is -3.90. The third-order valence-corrected chi connectivity index (χ3v) is 4.01. The highest BCUT2D eigenvalue weighted by atomic mass is 31.2. The van der Waals surface area contributed by atoms with Gasteiger partial charge >= 0.3 is 7.60 Å². The predicted octanol–water partition coefficient (Wildman–Crippen LogP) is 0.929. The van der Waals surface area contributed by atoms with E-state index in [0.717, 1.165) is 19.3 Å². The minimum atomic E-state index is -3.90. The fraction of sp³-hybridized carbons (Fsp3) is 1.00. The van der Waals surface area contributed by atoms with Gasteiger partial charge in [-0.05, 0) is 30.7 Å². The molecule has 1 rings (SSSR count). The summed E-state index contributed by atoms with van der Waals surface area (Å²) in [6.07, 6.45) is 2.71. The van der Waals surface area contributed by atoms with Gasteiger partial charge in [0.2, 0.25) is 0 Å². The molecular weight excluding hydrogens is 189 g/mol. The maximum Gasteiger partial charge on any atom is 0.326 e. The molecule has 1 saturated carbocycles. The van der Waals surface area contributed by atoms with Crippen LogP contribution >= 0.6 is 7.60 Å². The van der Waals surface area contributed by atoms with Crippen molar-refractivity contribution in [3.63, 3.8) is 0 Å². The lowest BCUT2D eigenvalue weighted by Gasteiger charge is -2.27. The largest absolute Gasteiger partial charge is 0.330 e. The van der Waals surface area contributed by atoms with Crippen molar-refractivity contribution in [3.05, 3.63) is 0 Å². The molecule has 1 aliphatic rings. The number of rotatable bonds is 3. The van der Waals surface area contributed by atoms with Crippen molar-refractivity contribution >= 4 is 7.60 Å². The third-order valence-electron chi connectivity index (χ3n) is 2.92. The highest BCUT2D eigenvalue weighted by Crippen LogP contribution is 2.50. The van der Waals surface area contributed by atoms with E-state index in [-0.39, 0.29) is 11.6 Å². The van der Waals surface area contributed by atoms with Gasteiger partial charge in [0, 0.05) is 0 Å². The molecule has 0 saturated heterocycles. The second-order valence-corrected chi connectivity index (χ2v) is 6.02. The summed E-state index contributed by atoms with van der Waals surface area (Å²) in [6, 6.07) is 0. The maximum absolute atomic E-state index is 10.9. The van der Waals surface area contributed by atoms with E-state index in [1.807, 2.05) is 0 Å². The van der Waals surface area contributed by atoms with Gasteiger partial charge in [0.05, 0.1) is 6.16 Å². The Morgan fingerprint density at radius 1 is 1.62 bits per heavy atom. The van der Waals surface area contributed by atoms with Gasteiger partial charge in [0.1, 0.15) is 0 Å². The van der Waals surface area contributed by atoms with Crippen molar-refractivity contribution in [1.29, 1.82) is 0 Å². The van der Waals surface area contributed by atoms with E-state index in [0.29, 0.717) is 12.5 Å². The molecule has 4 N–H and O–H groups in total. The number of hydrogen-bond donors (Lipinski definition) is 3. The van der Waals surface area contributed by atoms with Crippen molar-refractivity contribution in [3.8, 4) is 0 Å². The quantitative estimate of drug-likeness (QED) is 0.601. The van der Waals surface area contributed by atoms with E-state index in [2.05, 4.69) is 6.92 Å². The Balaban J connectivity index is 2.67. The van der Waals surface area contributed by atoms with E-state index in [1.54, 1.807) is 0 Å². The third kappa shape index (κ3) is 3.06.